The van der Waals surface area contributed by atoms with Gasteiger partial charge in [-0.25, -0.2) is 0 Å². The Morgan fingerprint density at radius 2 is 1.96 bits per heavy atom. The fourth-order valence-corrected chi connectivity index (χ4v) is 7.16. The summed E-state index contributed by atoms with van der Waals surface area (Å²) in [6.07, 6.45) is 6.16. The second-order valence-electron chi connectivity index (χ2n) is 9.86. The van der Waals surface area contributed by atoms with Gasteiger partial charge < -0.3 is 9.84 Å². The van der Waals surface area contributed by atoms with Crippen molar-refractivity contribution in [3.05, 3.63) is 11.6 Å². The summed E-state index contributed by atoms with van der Waals surface area (Å²) in [5.41, 5.74) is -1.30. The van der Waals surface area contributed by atoms with Gasteiger partial charge in [-0.05, 0) is 62.4 Å². The van der Waals surface area contributed by atoms with Gasteiger partial charge in [0.2, 0.25) is 0 Å². The zero-order valence-electron chi connectivity index (χ0n) is 17.3. The highest BCUT2D eigenvalue weighted by Crippen LogP contribution is 2.66. The summed E-state index contributed by atoms with van der Waals surface area (Å²) in [7, 11) is 0. The fourth-order valence-electron chi connectivity index (χ4n) is 7.16. The normalized spacial score (nSPS) is 45.1. The summed E-state index contributed by atoms with van der Waals surface area (Å²) >= 11 is 0. The molecule has 3 saturated carbocycles. The molecule has 4 aliphatic rings. The van der Waals surface area contributed by atoms with Crippen LogP contribution in [0.1, 0.15) is 65.7 Å². The molecule has 0 spiro atoms. The first-order valence-corrected chi connectivity index (χ1v) is 10.8. The molecule has 0 amide bonds. The molecule has 5 nitrogen and oxygen atoms in total. The Balaban J connectivity index is 1.68. The predicted octanol–water partition coefficient (Wildman–Crippen LogP) is 3.03. The first kappa shape index (κ1) is 20.0. The van der Waals surface area contributed by atoms with Crippen molar-refractivity contribution < 1.29 is 24.2 Å². The Hall–Kier alpha value is -1.33. The van der Waals surface area contributed by atoms with Crippen LogP contribution in [0.5, 0.6) is 0 Å². The van der Waals surface area contributed by atoms with Crippen LogP contribution in [0.3, 0.4) is 0 Å². The molecule has 28 heavy (non-hydrogen) atoms. The second kappa shape index (κ2) is 6.60. The molecular formula is C23H32O5. The molecule has 4 rings (SSSR count). The summed E-state index contributed by atoms with van der Waals surface area (Å²) in [4.78, 5) is 38.3. The second-order valence-corrected chi connectivity index (χ2v) is 9.86. The van der Waals surface area contributed by atoms with Gasteiger partial charge in [0.05, 0.1) is 0 Å². The molecule has 0 unspecified atom stereocenters. The molecule has 0 bridgehead atoms. The van der Waals surface area contributed by atoms with E-state index in [1.54, 1.807) is 6.08 Å². The average molecular weight is 389 g/mol. The van der Waals surface area contributed by atoms with E-state index in [4.69, 9.17) is 4.74 Å². The van der Waals surface area contributed by atoms with E-state index < -0.39 is 11.0 Å². The molecule has 4 aliphatic carbocycles. The van der Waals surface area contributed by atoms with Crippen LogP contribution in [0, 0.1) is 28.6 Å². The van der Waals surface area contributed by atoms with Crippen LogP contribution >= 0.6 is 0 Å². The van der Waals surface area contributed by atoms with E-state index in [0.717, 1.165) is 31.3 Å². The van der Waals surface area contributed by atoms with Crippen molar-refractivity contribution in [3.63, 3.8) is 0 Å². The van der Waals surface area contributed by atoms with Gasteiger partial charge in [0.25, 0.3) is 0 Å². The Bertz CT molecular complexity index is 754. The van der Waals surface area contributed by atoms with Crippen molar-refractivity contribution in [1.29, 1.82) is 0 Å². The third-order valence-corrected chi connectivity index (χ3v) is 8.71. The van der Waals surface area contributed by atoms with E-state index in [-0.39, 0.29) is 53.5 Å². The highest BCUT2D eigenvalue weighted by Gasteiger charge is 2.68. The maximum Gasteiger partial charge on any atom is 0.190 e. The standard InChI is InChI=1S/C23H32O5/c1-4-28-13-19(26)23(27)10-8-17-16-6-5-14-11-15(24)7-9-21(14,2)20(16)18(25)12-22(17,23)3/h11,16-17,20,27H,4-10,12-13H2,1-3H3/t16-,17-,20+,21-,22-,23-/m0/s1. The summed E-state index contributed by atoms with van der Waals surface area (Å²) < 4.78 is 5.29. The smallest absolute Gasteiger partial charge is 0.190 e. The van der Waals surface area contributed by atoms with E-state index in [1.165, 1.54) is 0 Å². The molecule has 5 heteroatoms. The highest BCUT2D eigenvalue weighted by atomic mass is 16.5. The lowest BCUT2D eigenvalue weighted by atomic mass is 9.46. The minimum atomic E-state index is -1.48. The Morgan fingerprint density at radius 3 is 2.68 bits per heavy atom. The lowest BCUT2D eigenvalue weighted by Crippen LogP contribution is -2.61. The van der Waals surface area contributed by atoms with Crippen molar-refractivity contribution in [2.75, 3.05) is 13.2 Å². The number of ether oxygens (including phenoxy) is 1. The first-order valence-electron chi connectivity index (χ1n) is 10.8. The number of fused-ring (bicyclic) bond motifs is 5. The summed E-state index contributed by atoms with van der Waals surface area (Å²) in [6, 6.07) is 0. The van der Waals surface area contributed by atoms with Crippen molar-refractivity contribution in [2.45, 2.75) is 71.3 Å². The zero-order chi connectivity index (χ0) is 20.3. The van der Waals surface area contributed by atoms with Crippen LogP contribution in [-0.4, -0.2) is 41.3 Å². The van der Waals surface area contributed by atoms with Gasteiger partial charge in [0.1, 0.15) is 18.0 Å². The van der Waals surface area contributed by atoms with E-state index in [0.29, 0.717) is 19.4 Å². The maximum absolute atomic E-state index is 13.5. The third kappa shape index (κ3) is 2.55. The Kier molecular flexibility index (Phi) is 4.70. The highest BCUT2D eigenvalue weighted by molar-refractivity contribution is 5.94. The average Bonchev–Trinajstić information content (AvgIpc) is 2.92. The van der Waals surface area contributed by atoms with Gasteiger partial charge in [0.15, 0.2) is 11.6 Å². The summed E-state index contributed by atoms with van der Waals surface area (Å²) in [5, 5.41) is 11.4. The number of allylic oxidation sites excluding steroid dienone is 1. The SMILES string of the molecule is CCOCC(=O)[C@@]1(O)CC[C@H]2[C@@H]3CCC4=CC(=O)CC[C@]4(C)[C@H]3C(=O)C[C@@]21C. The maximum atomic E-state index is 13.5. The molecule has 154 valence electrons. The van der Waals surface area contributed by atoms with Gasteiger partial charge in [-0.15, -0.1) is 0 Å². The largest absolute Gasteiger partial charge is 0.381 e. The molecule has 0 aromatic carbocycles. The first-order chi connectivity index (χ1) is 13.2. The van der Waals surface area contributed by atoms with Gasteiger partial charge in [-0.2, -0.15) is 0 Å². The molecular weight excluding hydrogens is 356 g/mol. The minimum Gasteiger partial charge on any atom is -0.381 e. The van der Waals surface area contributed by atoms with Gasteiger partial charge >= 0.3 is 0 Å². The molecule has 0 saturated heterocycles. The minimum absolute atomic E-state index is 0.0929. The van der Waals surface area contributed by atoms with E-state index in [1.807, 2.05) is 13.8 Å². The van der Waals surface area contributed by atoms with Crippen molar-refractivity contribution in [2.24, 2.45) is 28.6 Å². The van der Waals surface area contributed by atoms with E-state index in [9.17, 15) is 19.5 Å². The molecule has 0 aromatic rings. The van der Waals surface area contributed by atoms with Crippen LogP contribution in [0.25, 0.3) is 0 Å². The summed E-state index contributed by atoms with van der Waals surface area (Å²) in [6.45, 7) is 6.26. The number of hydrogen-bond donors (Lipinski definition) is 1. The Morgan fingerprint density at radius 1 is 1.21 bits per heavy atom. The lowest BCUT2D eigenvalue weighted by Gasteiger charge is -2.57. The van der Waals surface area contributed by atoms with Crippen molar-refractivity contribution in [1.82, 2.24) is 0 Å². The predicted molar refractivity (Wildman–Crippen MR) is 104 cm³/mol. The van der Waals surface area contributed by atoms with Gasteiger partial charge in [-0.1, -0.05) is 19.4 Å². The zero-order valence-corrected chi connectivity index (χ0v) is 17.3. The number of rotatable bonds is 4. The number of ketones is 3. The lowest BCUT2D eigenvalue weighted by molar-refractivity contribution is -0.171. The number of carbonyl (C=O) groups is 3. The van der Waals surface area contributed by atoms with Crippen LogP contribution < -0.4 is 0 Å². The van der Waals surface area contributed by atoms with Crippen LogP contribution in [0.4, 0.5) is 0 Å². The quantitative estimate of drug-likeness (QED) is 0.801. The van der Waals surface area contributed by atoms with E-state index >= 15 is 0 Å². The summed E-state index contributed by atoms with van der Waals surface area (Å²) in [5.74, 6) is 0.295. The molecule has 3 fully saturated rings. The van der Waals surface area contributed by atoms with Gasteiger partial charge in [0, 0.05) is 30.8 Å². The van der Waals surface area contributed by atoms with Crippen molar-refractivity contribution >= 4 is 17.3 Å². The monoisotopic (exact) mass is 388 g/mol. The molecule has 0 heterocycles. The number of hydrogen-bond acceptors (Lipinski definition) is 5. The number of aliphatic hydroxyl groups is 1. The topological polar surface area (TPSA) is 80.7 Å². The van der Waals surface area contributed by atoms with Crippen LogP contribution in [0.15, 0.2) is 11.6 Å². The van der Waals surface area contributed by atoms with Gasteiger partial charge in [-0.3, -0.25) is 14.4 Å². The van der Waals surface area contributed by atoms with E-state index in [2.05, 4.69) is 6.92 Å². The van der Waals surface area contributed by atoms with Crippen molar-refractivity contribution in [3.8, 4) is 0 Å². The number of Topliss-reactive ketones (excluding diaryl/α,β-unsaturated/α-hetero) is 2. The third-order valence-electron chi connectivity index (χ3n) is 8.71. The van der Waals surface area contributed by atoms with Crippen LogP contribution in [-0.2, 0) is 19.1 Å². The van der Waals surface area contributed by atoms with Crippen LogP contribution in [0.2, 0.25) is 0 Å². The Labute approximate surface area is 166 Å². The molecule has 1 N–H and O–H groups in total. The number of carbonyl (C=O) groups excluding carboxylic acids is 3. The molecule has 0 aliphatic heterocycles. The fraction of sp³-hybridized carbons (Fsp3) is 0.783. The molecule has 0 aromatic heterocycles. The molecule has 0 radical (unpaired) electrons. The molecule has 6 atom stereocenters.